The molecule has 0 spiro atoms. The molecule has 4 nitrogen and oxygen atoms in total. The van der Waals surface area contributed by atoms with Gasteiger partial charge < -0.3 is 9.84 Å². The molecule has 0 saturated heterocycles. The van der Waals surface area contributed by atoms with Crippen LogP contribution in [0.2, 0.25) is 0 Å². The Morgan fingerprint density at radius 1 is 1.41 bits per heavy atom. The van der Waals surface area contributed by atoms with E-state index in [9.17, 15) is 4.79 Å². The molecule has 0 radical (unpaired) electrons. The minimum atomic E-state index is -0.248. The maximum atomic E-state index is 11.9. The summed E-state index contributed by atoms with van der Waals surface area (Å²) in [6, 6.07) is 5.54. The van der Waals surface area contributed by atoms with Crippen molar-refractivity contribution in [3.8, 4) is 0 Å². The molecule has 0 aliphatic rings. The van der Waals surface area contributed by atoms with Gasteiger partial charge in [0.25, 0.3) is 5.91 Å². The first-order valence-corrected chi connectivity index (χ1v) is 6.34. The minimum Gasteiger partial charge on any atom is -0.361 e. The highest BCUT2D eigenvalue weighted by atomic mass is 79.9. The third-order valence-electron chi connectivity index (χ3n) is 2.17. The maximum Gasteiger partial charge on any atom is 0.260 e. The highest BCUT2D eigenvalue weighted by Gasteiger charge is 2.14. The summed E-state index contributed by atoms with van der Waals surface area (Å²) in [4.78, 5) is 11.9. The average Bonchev–Trinajstić information content (AvgIpc) is 2.70. The minimum absolute atomic E-state index is 0.248. The summed E-state index contributed by atoms with van der Waals surface area (Å²) in [5.41, 5.74) is 1.11. The molecule has 0 aliphatic carbocycles. The van der Waals surface area contributed by atoms with Crippen LogP contribution in [-0.4, -0.2) is 11.1 Å². The van der Waals surface area contributed by atoms with Gasteiger partial charge in [0.1, 0.15) is 11.3 Å². The van der Waals surface area contributed by atoms with Crippen LogP contribution >= 0.6 is 31.9 Å². The summed E-state index contributed by atoms with van der Waals surface area (Å²) in [6.45, 7) is 1.69. The fourth-order valence-corrected chi connectivity index (χ4v) is 2.01. The van der Waals surface area contributed by atoms with Crippen LogP contribution in [0.25, 0.3) is 0 Å². The fourth-order valence-electron chi connectivity index (χ4n) is 1.30. The number of benzene rings is 1. The smallest absolute Gasteiger partial charge is 0.260 e. The summed E-state index contributed by atoms with van der Waals surface area (Å²) in [6.07, 6.45) is 1.40. The highest BCUT2D eigenvalue weighted by Crippen LogP contribution is 2.26. The Hall–Kier alpha value is -1.14. The van der Waals surface area contributed by atoms with Crippen molar-refractivity contribution in [2.24, 2.45) is 0 Å². The number of amides is 1. The zero-order chi connectivity index (χ0) is 12.4. The number of hydrogen-bond acceptors (Lipinski definition) is 3. The molecule has 1 aromatic heterocycles. The van der Waals surface area contributed by atoms with Crippen LogP contribution < -0.4 is 5.32 Å². The second kappa shape index (κ2) is 5.01. The monoisotopic (exact) mass is 358 g/mol. The lowest BCUT2D eigenvalue weighted by molar-refractivity contribution is 0.102. The Morgan fingerprint density at radius 2 is 2.18 bits per heavy atom. The van der Waals surface area contributed by atoms with Crippen LogP contribution in [-0.2, 0) is 0 Å². The van der Waals surface area contributed by atoms with Crippen LogP contribution in [0, 0.1) is 6.92 Å². The van der Waals surface area contributed by atoms with Gasteiger partial charge in [-0.25, -0.2) is 0 Å². The Labute approximate surface area is 115 Å². The van der Waals surface area contributed by atoms with Crippen molar-refractivity contribution in [3.63, 3.8) is 0 Å². The van der Waals surface area contributed by atoms with Crippen LogP contribution in [0.4, 0.5) is 5.69 Å². The lowest BCUT2D eigenvalue weighted by Gasteiger charge is -2.06. The van der Waals surface area contributed by atoms with Crippen molar-refractivity contribution in [2.45, 2.75) is 6.92 Å². The summed E-state index contributed by atoms with van der Waals surface area (Å²) < 4.78 is 6.54. The van der Waals surface area contributed by atoms with Crippen molar-refractivity contribution in [2.75, 3.05) is 5.32 Å². The van der Waals surface area contributed by atoms with Crippen LogP contribution in [0.15, 0.2) is 37.9 Å². The molecule has 0 unspecified atom stereocenters. The average molecular weight is 360 g/mol. The van der Waals surface area contributed by atoms with E-state index in [-0.39, 0.29) is 5.91 Å². The molecular formula is C11H8Br2N2O2. The molecule has 0 atom stereocenters. The van der Waals surface area contributed by atoms with Gasteiger partial charge in [-0.3, -0.25) is 4.79 Å². The third-order valence-corrected chi connectivity index (χ3v) is 3.36. The number of carbonyl (C=O) groups excluding carboxylic acids is 1. The topological polar surface area (TPSA) is 55.1 Å². The third kappa shape index (κ3) is 2.76. The highest BCUT2D eigenvalue weighted by molar-refractivity contribution is 9.11. The normalized spacial score (nSPS) is 10.3. The molecule has 0 aliphatic heterocycles. The first kappa shape index (κ1) is 12.3. The Bertz CT molecular complexity index is 566. The van der Waals surface area contributed by atoms with Gasteiger partial charge in [-0.05, 0) is 41.1 Å². The number of rotatable bonds is 2. The summed E-state index contributed by atoms with van der Waals surface area (Å²) in [7, 11) is 0. The van der Waals surface area contributed by atoms with Gasteiger partial charge in [-0.2, -0.15) is 0 Å². The van der Waals surface area contributed by atoms with Crippen LogP contribution in [0.3, 0.4) is 0 Å². The van der Waals surface area contributed by atoms with E-state index in [4.69, 9.17) is 4.52 Å². The maximum absolute atomic E-state index is 11.9. The predicted octanol–water partition coefficient (Wildman–Crippen LogP) is 3.76. The second-order valence-corrected chi connectivity index (χ2v) is 5.14. The molecule has 88 valence electrons. The van der Waals surface area contributed by atoms with Gasteiger partial charge in [-0.1, -0.05) is 21.1 Å². The SMILES string of the molecule is Cc1oncc1C(=O)Nc1cc(Br)ccc1Br. The van der Waals surface area contributed by atoms with Gasteiger partial charge in [0, 0.05) is 8.95 Å². The molecule has 17 heavy (non-hydrogen) atoms. The molecule has 2 aromatic rings. The van der Waals surface area contributed by atoms with Crippen molar-refractivity contribution < 1.29 is 9.32 Å². The van der Waals surface area contributed by atoms with Gasteiger partial charge in [0.05, 0.1) is 11.9 Å². The van der Waals surface area contributed by atoms with Gasteiger partial charge >= 0.3 is 0 Å². The number of aryl methyl sites for hydroxylation is 1. The summed E-state index contributed by atoms with van der Waals surface area (Å²) in [5.74, 6) is 0.246. The van der Waals surface area contributed by atoms with E-state index in [1.807, 2.05) is 18.2 Å². The molecule has 1 amide bonds. The zero-order valence-corrected chi connectivity index (χ0v) is 12.0. The number of nitrogens with zero attached hydrogens (tertiary/aromatic N) is 1. The predicted molar refractivity (Wildman–Crippen MR) is 71.0 cm³/mol. The number of hydrogen-bond donors (Lipinski definition) is 1. The lowest BCUT2D eigenvalue weighted by Crippen LogP contribution is -2.12. The number of aromatic nitrogens is 1. The standard InChI is InChI=1S/C11H8Br2N2O2/c1-6-8(5-14-17-6)11(16)15-10-4-7(12)2-3-9(10)13/h2-5H,1H3,(H,15,16). The largest absolute Gasteiger partial charge is 0.361 e. The second-order valence-electron chi connectivity index (χ2n) is 3.37. The van der Waals surface area contributed by atoms with Crippen molar-refractivity contribution in [1.29, 1.82) is 0 Å². The molecule has 0 saturated carbocycles. The Morgan fingerprint density at radius 3 is 2.82 bits per heavy atom. The molecular weight excluding hydrogens is 352 g/mol. The quantitative estimate of drug-likeness (QED) is 0.888. The Balaban J connectivity index is 2.24. The van der Waals surface area contributed by atoms with Crippen molar-refractivity contribution in [3.05, 3.63) is 44.7 Å². The van der Waals surface area contributed by atoms with E-state index in [1.54, 1.807) is 6.92 Å². The van der Waals surface area contributed by atoms with Gasteiger partial charge in [0.15, 0.2) is 0 Å². The molecule has 1 N–H and O–H groups in total. The molecule has 6 heteroatoms. The van der Waals surface area contributed by atoms with Crippen molar-refractivity contribution in [1.82, 2.24) is 5.16 Å². The molecule has 0 fully saturated rings. The van der Waals surface area contributed by atoms with E-state index >= 15 is 0 Å². The van der Waals surface area contributed by atoms with E-state index in [0.29, 0.717) is 17.0 Å². The summed E-state index contributed by atoms with van der Waals surface area (Å²) >= 11 is 6.71. The zero-order valence-electron chi connectivity index (χ0n) is 8.83. The van der Waals surface area contributed by atoms with E-state index in [2.05, 4.69) is 42.3 Å². The first-order chi connectivity index (χ1) is 8.08. The number of carbonyl (C=O) groups is 1. The molecule has 1 heterocycles. The van der Waals surface area contributed by atoms with E-state index in [0.717, 1.165) is 8.95 Å². The lowest BCUT2D eigenvalue weighted by atomic mass is 10.2. The van der Waals surface area contributed by atoms with E-state index < -0.39 is 0 Å². The molecule has 0 bridgehead atoms. The fraction of sp³-hybridized carbons (Fsp3) is 0.0909. The number of nitrogens with one attached hydrogen (secondary N) is 1. The summed E-state index contributed by atoms with van der Waals surface area (Å²) in [5, 5.41) is 6.35. The van der Waals surface area contributed by atoms with Gasteiger partial charge in [-0.15, -0.1) is 0 Å². The molecule has 1 aromatic carbocycles. The van der Waals surface area contributed by atoms with Crippen molar-refractivity contribution >= 4 is 43.5 Å². The number of halogens is 2. The van der Waals surface area contributed by atoms with Crippen LogP contribution in [0.5, 0.6) is 0 Å². The number of anilines is 1. The Kier molecular flexibility index (Phi) is 3.63. The first-order valence-electron chi connectivity index (χ1n) is 4.75. The van der Waals surface area contributed by atoms with E-state index in [1.165, 1.54) is 6.20 Å². The van der Waals surface area contributed by atoms with Crippen LogP contribution in [0.1, 0.15) is 16.1 Å². The molecule has 2 rings (SSSR count). The van der Waals surface area contributed by atoms with Gasteiger partial charge in [0.2, 0.25) is 0 Å².